The van der Waals surface area contributed by atoms with Crippen molar-refractivity contribution in [1.82, 2.24) is 5.32 Å². The van der Waals surface area contributed by atoms with Crippen LogP contribution in [0.3, 0.4) is 0 Å². The summed E-state index contributed by atoms with van der Waals surface area (Å²) in [7, 11) is 0. The van der Waals surface area contributed by atoms with Crippen LogP contribution < -0.4 is 5.32 Å². The van der Waals surface area contributed by atoms with Crippen molar-refractivity contribution in [1.29, 1.82) is 0 Å². The monoisotopic (exact) mass is 143 g/mol. The third kappa shape index (κ3) is 1.96. The fourth-order valence-electron chi connectivity index (χ4n) is 1.03. The van der Waals surface area contributed by atoms with Crippen molar-refractivity contribution >= 4 is 0 Å². The van der Waals surface area contributed by atoms with Gasteiger partial charge in [0.15, 0.2) is 0 Å². The van der Waals surface area contributed by atoms with Gasteiger partial charge < -0.3 is 10.1 Å². The summed E-state index contributed by atoms with van der Waals surface area (Å²) in [6.45, 7) is 8.35. The molecule has 2 nitrogen and oxygen atoms in total. The van der Waals surface area contributed by atoms with E-state index in [0.29, 0.717) is 6.10 Å². The number of ether oxygens (including phenoxy) is 1. The Labute approximate surface area is 63.0 Å². The van der Waals surface area contributed by atoms with Crippen LogP contribution in [0.4, 0.5) is 0 Å². The van der Waals surface area contributed by atoms with Crippen LogP contribution in [0, 0.1) is 0 Å². The lowest BCUT2D eigenvalue weighted by molar-refractivity contribution is 0.0101. The molecule has 10 heavy (non-hydrogen) atoms. The van der Waals surface area contributed by atoms with Gasteiger partial charge in [-0.15, -0.1) is 0 Å². The standard InChI is InChI=1S/C8H17NO/c1-7(2)10-6-8(3)4-5-9-8/h7,9H,4-6H2,1-3H3/t8-/m0/s1. The minimum Gasteiger partial charge on any atom is -0.377 e. The van der Waals surface area contributed by atoms with Crippen molar-refractivity contribution in [3.05, 3.63) is 0 Å². The maximum Gasteiger partial charge on any atom is 0.0649 e. The second-order valence-electron chi connectivity index (χ2n) is 3.60. The molecule has 60 valence electrons. The van der Waals surface area contributed by atoms with Crippen molar-refractivity contribution in [2.24, 2.45) is 0 Å². The molecule has 0 bridgehead atoms. The fraction of sp³-hybridized carbons (Fsp3) is 1.00. The molecule has 1 heterocycles. The van der Waals surface area contributed by atoms with Gasteiger partial charge in [0, 0.05) is 5.54 Å². The van der Waals surface area contributed by atoms with E-state index in [1.165, 1.54) is 6.42 Å². The molecule has 0 spiro atoms. The summed E-state index contributed by atoms with van der Waals surface area (Å²) >= 11 is 0. The average molecular weight is 143 g/mol. The molecule has 0 radical (unpaired) electrons. The molecular formula is C8H17NO. The Hall–Kier alpha value is -0.0800. The third-order valence-corrected chi connectivity index (χ3v) is 1.96. The van der Waals surface area contributed by atoms with Crippen LogP contribution in [0.15, 0.2) is 0 Å². The minimum absolute atomic E-state index is 0.282. The molecule has 0 aromatic carbocycles. The Bertz CT molecular complexity index is 108. The third-order valence-electron chi connectivity index (χ3n) is 1.96. The molecule has 0 unspecified atom stereocenters. The first kappa shape index (κ1) is 8.02. The highest BCUT2D eigenvalue weighted by Gasteiger charge is 2.31. The van der Waals surface area contributed by atoms with E-state index in [1.807, 2.05) is 0 Å². The van der Waals surface area contributed by atoms with Crippen molar-refractivity contribution in [3.63, 3.8) is 0 Å². The van der Waals surface area contributed by atoms with Crippen LogP contribution >= 0.6 is 0 Å². The Morgan fingerprint density at radius 3 is 2.50 bits per heavy atom. The number of rotatable bonds is 3. The Morgan fingerprint density at radius 1 is 1.60 bits per heavy atom. The van der Waals surface area contributed by atoms with E-state index in [4.69, 9.17) is 4.74 Å². The van der Waals surface area contributed by atoms with Crippen LogP contribution in [0.25, 0.3) is 0 Å². The van der Waals surface area contributed by atoms with E-state index < -0.39 is 0 Å². The lowest BCUT2D eigenvalue weighted by Crippen LogP contribution is -2.57. The fourth-order valence-corrected chi connectivity index (χ4v) is 1.03. The molecule has 0 saturated carbocycles. The summed E-state index contributed by atoms with van der Waals surface area (Å²) in [4.78, 5) is 0. The summed E-state index contributed by atoms with van der Waals surface area (Å²) in [5, 5.41) is 3.35. The van der Waals surface area contributed by atoms with Gasteiger partial charge in [0.1, 0.15) is 0 Å². The lowest BCUT2D eigenvalue weighted by Gasteiger charge is -2.40. The van der Waals surface area contributed by atoms with Gasteiger partial charge in [-0.05, 0) is 33.7 Å². The van der Waals surface area contributed by atoms with E-state index in [0.717, 1.165) is 13.2 Å². The molecule has 1 fully saturated rings. The van der Waals surface area contributed by atoms with Gasteiger partial charge in [-0.2, -0.15) is 0 Å². The van der Waals surface area contributed by atoms with Gasteiger partial charge in [-0.3, -0.25) is 0 Å². The van der Waals surface area contributed by atoms with Crippen LogP contribution in [0.2, 0.25) is 0 Å². The Balaban J connectivity index is 2.12. The molecule has 1 aliphatic heterocycles. The summed E-state index contributed by atoms with van der Waals surface area (Å²) in [5.74, 6) is 0. The number of hydrogen-bond donors (Lipinski definition) is 1. The largest absolute Gasteiger partial charge is 0.377 e. The van der Waals surface area contributed by atoms with Crippen molar-refractivity contribution in [2.45, 2.75) is 38.8 Å². The Kier molecular flexibility index (Phi) is 2.32. The van der Waals surface area contributed by atoms with Crippen LogP contribution in [-0.4, -0.2) is 24.8 Å². The van der Waals surface area contributed by atoms with Gasteiger partial charge in [0.2, 0.25) is 0 Å². The molecule has 1 aliphatic rings. The van der Waals surface area contributed by atoms with Crippen LogP contribution in [-0.2, 0) is 4.74 Å². The summed E-state index contributed by atoms with van der Waals surface area (Å²) < 4.78 is 5.49. The summed E-state index contributed by atoms with van der Waals surface area (Å²) in [5.41, 5.74) is 0.282. The molecule has 1 N–H and O–H groups in total. The first-order valence-electron chi connectivity index (χ1n) is 3.99. The van der Waals surface area contributed by atoms with Crippen molar-refractivity contribution in [3.8, 4) is 0 Å². The first-order chi connectivity index (χ1) is 4.62. The van der Waals surface area contributed by atoms with Gasteiger partial charge in [0.05, 0.1) is 12.7 Å². The molecule has 1 atom stereocenters. The zero-order chi connectivity index (χ0) is 7.61. The molecule has 0 aromatic heterocycles. The van der Waals surface area contributed by atoms with Gasteiger partial charge in [-0.1, -0.05) is 0 Å². The lowest BCUT2D eigenvalue weighted by atomic mass is 9.91. The highest BCUT2D eigenvalue weighted by atomic mass is 16.5. The molecule has 0 aliphatic carbocycles. The summed E-state index contributed by atoms with van der Waals surface area (Å²) in [6.07, 6.45) is 1.61. The quantitative estimate of drug-likeness (QED) is 0.640. The van der Waals surface area contributed by atoms with E-state index in [2.05, 4.69) is 26.1 Å². The molecule has 0 aromatic rings. The Morgan fingerprint density at radius 2 is 2.20 bits per heavy atom. The van der Waals surface area contributed by atoms with Gasteiger partial charge in [0.25, 0.3) is 0 Å². The smallest absolute Gasteiger partial charge is 0.0649 e. The zero-order valence-electron chi connectivity index (χ0n) is 7.11. The topological polar surface area (TPSA) is 21.3 Å². The SMILES string of the molecule is CC(C)OC[C@]1(C)CCN1. The minimum atomic E-state index is 0.282. The van der Waals surface area contributed by atoms with E-state index in [-0.39, 0.29) is 5.54 Å². The number of nitrogens with one attached hydrogen (secondary N) is 1. The molecule has 0 amide bonds. The predicted molar refractivity (Wildman–Crippen MR) is 42.1 cm³/mol. The van der Waals surface area contributed by atoms with Crippen molar-refractivity contribution < 1.29 is 4.74 Å². The second-order valence-corrected chi connectivity index (χ2v) is 3.60. The van der Waals surface area contributed by atoms with Gasteiger partial charge >= 0.3 is 0 Å². The van der Waals surface area contributed by atoms with Crippen molar-refractivity contribution in [2.75, 3.05) is 13.2 Å². The molecule has 2 heteroatoms. The van der Waals surface area contributed by atoms with E-state index in [1.54, 1.807) is 0 Å². The maximum absolute atomic E-state index is 5.49. The van der Waals surface area contributed by atoms with Gasteiger partial charge in [-0.25, -0.2) is 0 Å². The average Bonchev–Trinajstić information content (AvgIpc) is 1.79. The highest BCUT2D eigenvalue weighted by molar-refractivity contribution is 4.92. The highest BCUT2D eigenvalue weighted by Crippen LogP contribution is 2.18. The second kappa shape index (κ2) is 2.89. The molecule has 1 rings (SSSR count). The first-order valence-corrected chi connectivity index (χ1v) is 3.99. The van der Waals surface area contributed by atoms with Crippen LogP contribution in [0.1, 0.15) is 27.2 Å². The number of hydrogen-bond acceptors (Lipinski definition) is 2. The predicted octanol–water partition coefficient (Wildman–Crippen LogP) is 1.16. The molecular weight excluding hydrogens is 126 g/mol. The van der Waals surface area contributed by atoms with Crippen LogP contribution in [0.5, 0.6) is 0 Å². The van der Waals surface area contributed by atoms with E-state index in [9.17, 15) is 0 Å². The van der Waals surface area contributed by atoms with E-state index >= 15 is 0 Å². The molecule has 1 saturated heterocycles. The zero-order valence-corrected chi connectivity index (χ0v) is 7.11. The normalized spacial score (nSPS) is 32.4. The maximum atomic E-state index is 5.49. The summed E-state index contributed by atoms with van der Waals surface area (Å²) in [6, 6.07) is 0.